The summed E-state index contributed by atoms with van der Waals surface area (Å²) in [6, 6.07) is 0. The zero-order valence-electron chi connectivity index (χ0n) is 5.91. The SMILES string of the molecule is C=CC(=O)[O-].C=CC(=O)[O-].[CaH2].[Zn+2]. The van der Waals surface area contributed by atoms with Crippen molar-refractivity contribution in [1.29, 1.82) is 0 Å². The van der Waals surface area contributed by atoms with Crippen molar-refractivity contribution in [2.45, 2.75) is 0 Å². The van der Waals surface area contributed by atoms with Gasteiger partial charge in [-0.2, -0.15) is 0 Å². The predicted octanol–water partition coefficient (Wildman–Crippen LogP) is -3.07. The molecule has 0 bridgehead atoms. The van der Waals surface area contributed by atoms with Crippen molar-refractivity contribution in [2.24, 2.45) is 0 Å². The van der Waals surface area contributed by atoms with Gasteiger partial charge in [0.25, 0.3) is 0 Å². The number of carbonyl (C=O) groups is 2. The van der Waals surface area contributed by atoms with E-state index in [1.165, 1.54) is 0 Å². The molecular weight excluding hydrogens is 242 g/mol. The summed E-state index contributed by atoms with van der Waals surface area (Å²) >= 11 is 0. The van der Waals surface area contributed by atoms with Gasteiger partial charge in [0, 0.05) is 0 Å². The summed E-state index contributed by atoms with van der Waals surface area (Å²) in [4.78, 5) is 18.3. The molecule has 12 heavy (non-hydrogen) atoms. The van der Waals surface area contributed by atoms with Gasteiger partial charge in [-0.05, 0) is 12.2 Å². The molecule has 4 nitrogen and oxygen atoms in total. The molecule has 0 amide bonds. The number of carbonyl (C=O) groups excluding carboxylic acids is 2. The topological polar surface area (TPSA) is 80.3 Å². The molecule has 6 heteroatoms. The third kappa shape index (κ3) is 48.2. The van der Waals surface area contributed by atoms with E-state index in [2.05, 4.69) is 13.2 Å². The molecule has 0 fully saturated rings. The predicted molar refractivity (Wildman–Crippen MR) is 39.0 cm³/mol. The van der Waals surface area contributed by atoms with Crippen LogP contribution in [0.3, 0.4) is 0 Å². The van der Waals surface area contributed by atoms with Gasteiger partial charge in [0.2, 0.25) is 0 Å². The fourth-order valence-electron chi connectivity index (χ4n) is 0. The molecule has 0 aromatic rings. The average Bonchev–Trinajstić information content (AvgIpc) is 1.89. The Bertz CT molecular complexity index is 140. The van der Waals surface area contributed by atoms with Crippen LogP contribution in [0.1, 0.15) is 0 Å². The molecule has 0 aliphatic carbocycles. The number of aliphatic carboxylic acids is 2. The number of rotatable bonds is 2. The largest absolute Gasteiger partial charge is 2.00 e. The van der Waals surface area contributed by atoms with E-state index in [1.54, 1.807) is 0 Å². The molecule has 0 spiro atoms. The molecule has 0 aromatic carbocycles. The van der Waals surface area contributed by atoms with E-state index in [0.717, 1.165) is 12.2 Å². The number of hydrogen-bond donors (Lipinski definition) is 0. The first-order valence-electron chi connectivity index (χ1n) is 2.21. The molecular formula is C6H8CaO4Zn. The van der Waals surface area contributed by atoms with Gasteiger partial charge in [-0.15, -0.1) is 0 Å². The van der Waals surface area contributed by atoms with Crippen LogP contribution in [0.25, 0.3) is 0 Å². The van der Waals surface area contributed by atoms with Gasteiger partial charge in [0.15, 0.2) is 0 Å². The van der Waals surface area contributed by atoms with Gasteiger partial charge in [0.1, 0.15) is 0 Å². The van der Waals surface area contributed by atoms with Gasteiger partial charge in [-0.25, -0.2) is 0 Å². The third-order valence-corrected chi connectivity index (χ3v) is 0.333. The van der Waals surface area contributed by atoms with Crippen LogP contribution in [0.2, 0.25) is 0 Å². The zero-order chi connectivity index (χ0) is 8.57. The van der Waals surface area contributed by atoms with E-state index in [1.807, 2.05) is 0 Å². The van der Waals surface area contributed by atoms with Gasteiger partial charge < -0.3 is 19.8 Å². The van der Waals surface area contributed by atoms with Crippen LogP contribution in [-0.4, -0.2) is 49.7 Å². The molecule has 0 aliphatic heterocycles. The van der Waals surface area contributed by atoms with Gasteiger partial charge >= 0.3 is 57.2 Å². The Morgan fingerprint density at radius 1 is 1.00 bits per heavy atom. The molecule has 0 heterocycles. The fourth-order valence-corrected chi connectivity index (χ4v) is 0. The Balaban J connectivity index is -0.0000000457. The summed E-state index contributed by atoms with van der Waals surface area (Å²) in [5, 5.41) is 18.3. The molecule has 0 atom stereocenters. The molecule has 0 radical (unpaired) electrons. The Labute approximate surface area is 113 Å². The minimum Gasteiger partial charge on any atom is 2.00 e. The Hall–Kier alpha value is 0.303. The van der Waals surface area contributed by atoms with E-state index >= 15 is 0 Å². The van der Waals surface area contributed by atoms with Crippen molar-refractivity contribution in [3.05, 3.63) is 25.3 Å². The molecule has 0 aliphatic rings. The summed E-state index contributed by atoms with van der Waals surface area (Å²) in [5.74, 6) is -2.46. The summed E-state index contributed by atoms with van der Waals surface area (Å²) in [7, 11) is 0. The molecule has 60 valence electrons. The summed E-state index contributed by atoms with van der Waals surface area (Å²) < 4.78 is 0. The van der Waals surface area contributed by atoms with Crippen LogP contribution in [0, 0.1) is 0 Å². The zero-order valence-corrected chi connectivity index (χ0v) is 8.88. The Morgan fingerprint density at radius 2 is 1.08 bits per heavy atom. The van der Waals surface area contributed by atoms with Crippen LogP contribution in [0.4, 0.5) is 0 Å². The smallest absolute Gasteiger partial charge is 2.00 e. The fraction of sp³-hybridized carbons (Fsp3) is 0. The summed E-state index contributed by atoms with van der Waals surface area (Å²) in [6.07, 6.45) is 1.44. The van der Waals surface area contributed by atoms with Gasteiger partial charge in [0.05, 0.1) is 11.9 Å². The second-order valence-corrected chi connectivity index (χ2v) is 1.05. The molecule has 0 saturated heterocycles. The van der Waals surface area contributed by atoms with Gasteiger partial charge in [-0.3, -0.25) is 0 Å². The second-order valence-electron chi connectivity index (χ2n) is 1.05. The maximum Gasteiger partial charge on any atom is 2.00 e. The van der Waals surface area contributed by atoms with E-state index in [-0.39, 0.29) is 57.2 Å². The Morgan fingerprint density at radius 3 is 1.08 bits per heavy atom. The molecule has 0 N–H and O–H groups in total. The first-order chi connectivity index (χ1) is 4.54. The van der Waals surface area contributed by atoms with E-state index in [9.17, 15) is 0 Å². The van der Waals surface area contributed by atoms with Crippen LogP contribution < -0.4 is 10.2 Å². The number of hydrogen-bond acceptors (Lipinski definition) is 4. The molecule has 0 rings (SSSR count). The third-order valence-electron chi connectivity index (χ3n) is 0.333. The van der Waals surface area contributed by atoms with Crippen molar-refractivity contribution in [2.75, 3.05) is 0 Å². The van der Waals surface area contributed by atoms with Crippen molar-refractivity contribution < 1.29 is 39.3 Å². The van der Waals surface area contributed by atoms with Crippen LogP contribution in [-0.2, 0) is 29.1 Å². The Kier molecular flexibility index (Phi) is 33.1. The maximum absolute atomic E-state index is 9.14. The van der Waals surface area contributed by atoms with Crippen LogP contribution in [0.5, 0.6) is 0 Å². The second kappa shape index (κ2) is 17.4. The standard InChI is InChI=1S/2C3H4O2.Ca.Zn.2H/c2*1-2-3(4)5;;;;/h2*2H,1H2,(H,4,5);;;;/q;;;+2;;/p-2. The minimum absolute atomic E-state index is 0. The van der Waals surface area contributed by atoms with E-state index in [4.69, 9.17) is 19.8 Å². The molecule has 0 unspecified atom stereocenters. The maximum atomic E-state index is 9.14. The van der Waals surface area contributed by atoms with Crippen LogP contribution >= 0.6 is 0 Å². The first-order valence-corrected chi connectivity index (χ1v) is 2.21. The van der Waals surface area contributed by atoms with Crippen molar-refractivity contribution >= 4 is 49.7 Å². The summed E-state index contributed by atoms with van der Waals surface area (Å²) in [6.45, 7) is 5.80. The van der Waals surface area contributed by atoms with Gasteiger partial charge in [-0.1, -0.05) is 13.2 Å². The summed E-state index contributed by atoms with van der Waals surface area (Å²) in [5.41, 5.74) is 0. The molecule has 0 aromatic heterocycles. The quantitative estimate of drug-likeness (QED) is 0.384. The number of carboxylic acid groups (broad SMARTS) is 2. The van der Waals surface area contributed by atoms with Crippen molar-refractivity contribution in [3.63, 3.8) is 0 Å². The number of carboxylic acids is 2. The average molecular weight is 250 g/mol. The first kappa shape index (κ1) is 22.8. The normalized spacial score (nSPS) is 5.33. The van der Waals surface area contributed by atoms with E-state index < -0.39 is 11.9 Å². The minimum atomic E-state index is -1.23. The molecule has 0 saturated carbocycles. The van der Waals surface area contributed by atoms with Crippen LogP contribution in [0.15, 0.2) is 25.3 Å². The van der Waals surface area contributed by atoms with Crippen molar-refractivity contribution in [1.82, 2.24) is 0 Å². The van der Waals surface area contributed by atoms with E-state index in [0.29, 0.717) is 0 Å². The van der Waals surface area contributed by atoms with Crippen molar-refractivity contribution in [3.8, 4) is 0 Å². The monoisotopic (exact) mass is 248 g/mol.